The Morgan fingerprint density at radius 2 is 1.67 bits per heavy atom. The molecular weight excluding hydrogens is 338 g/mol. The number of anilines is 3. The van der Waals surface area contributed by atoms with E-state index in [4.69, 9.17) is 4.74 Å². The first kappa shape index (κ1) is 18.6. The normalized spacial score (nSPS) is 11.1. The molecule has 0 saturated heterocycles. The van der Waals surface area contributed by atoms with E-state index < -0.39 is 0 Å². The maximum absolute atomic E-state index is 5.17. The highest BCUT2D eigenvalue weighted by Crippen LogP contribution is 2.24. The quantitative estimate of drug-likeness (QED) is 0.670. The largest absolute Gasteiger partial charge is 0.497 e. The van der Waals surface area contributed by atoms with Gasteiger partial charge in [-0.1, -0.05) is 45.0 Å². The van der Waals surface area contributed by atoms with Gasteiger partial charge < -0.3 is 15.4 Å². The molecule has 2 aromatic carbocycles. The molecule has 0 fully saturated rings. The number of benzene rings is 2. The van der Waals surface area contributed by atoms with Gasteiger partial charge in [0.15, 0.2) is 5.82 Å². The average molecular weight is 363 g/mol. The van der Waals surface area contributed by atoms with Crippen molar-refractivity contribution in [3.05, 3.63) is 65.9 Å². The molecule has 0 atom stereocenters. The van der Waals surface area contributed by atoms with Crippen molar-refractivity contribution < 1.29 is 4.74 Å². The molecule has 0 unspecified atom stereocenters. The predicted molar refractivity (Wildman–Crippen MR) is 109 cm³/mol. The fraction of sp³-hybridized carbons (Fsp3) is 0.286. The van der Waals surface area contributed by atoms with E-state index in [0.29, 0.717) is 18.3 Å². The molecule has 140 valence electrons. The Kier molecular flexibility index (Phi) is 5.54. The molecule has 2 N–H and O–H groups in total. The maximum Gasteiger partial charge on any atom is 0.249 e. The van der Waals surface area contributed by atoms with Gasteiger partial charge >= 0.3 is 0 Å². The molecule has 0 aliphatic rings. The van der Waals surface area contributed by atoms with Crippen molar-refractivity contribution in [3.8, 4) is 5.75 Å². The fourth-order valence-electron chi connectivity index (χ4n) is 2.56. The number of nitrogens with one attached hydrogen (secondary N) is 2. The first-order chi connectivity index (χ1) is 12.9. The number of aromatic nitrogens is 3. The summed E-state index contributed by atoms with van der Waals surface area (Å²) in [6.45, 7) is 7.23. The lowest BCUT2D eigenvalue weighted by Crippen LogP contribution is -2.10. The zero-order valence-corrected chi connectivity index (χ0v) is 16.2. The van der Waals surface area contributed by atoms with E-state index in [1.807, 2.05) is 36.4 Å². The van der Waals surface area contributed by atoms with Crippen molar-refractivity contribution in [2.75, 3.05) is 17.7 Å². The molecule has 0 spiro atoms. The molecule has 6 nitrogen and oxygen atoms in total. The summed E-state index contributed by atoms with van der Waals surface area (Å²) in [5.41, 5.74) is 3.46. The second-order valence-corrected chi connectivity index (χ2v) is 7.32. The molecular formula is C21H25N5O. The van der Waals surface area contributed by atoms with Crippen molar-refractivity contribution in [3.63, 3.8) is 0 Å². The molecule has 0 aliphatic heterocycles. The van der Waals surface area contributed by atoms with Crippen LogP contribution in [-0.2, 0) is 12.0 Å². The Bertz CT molecular complexity index is 870. The van der Waals surface area contributed by atoms with E-state index in [-0.39, 0.29) is 5.41 Å². The highest BCUT2D eigenvalue weighted by molar-refractivity contribution is 5.55. The molecule has 1 aromatic heterocycles. The Balaban J connectivity index is 1.62. The Morgan fingerprint density at radius 3 is 2.30 bits per heavy atom. The monoisotopic (exact) mass is 363 g/mol. The van der Waals surface area contributed by atoms with Crippen LogP contribution in [0.25, 0.3) is 0 Å². The standard InChI is InChI=1S/C21H25N5O/c1-21(2,3)16-7-9-17(10-8-16)24-20-25-19(14-23-26-20)22-13-15-5-11-18(27-4)12-6-15/h5-12,14H,13H2,1-4H3,(H2,22,24,25,26). The summed E-state index contributed by atoms with van der Waals surface area (Å²) in [5.74, 6) is 1.96. The summed E-state index contributed by atoms with van der Waals surface area (Å²) < 4.78 is 5.17. The Morgan fingerprint density at radius 1 is 0.963 bits per heavy atom. The van der Waals surface area contributed by atoms with E-state index in [9.17, 15) is 0 Å². The van der Waals surface area contributed by atoms with E-state index in [1.165, 1.54) is 5.56 Å². The zero-order valence-electron chi connectivity index (χ0n) is 16.2. The van der Waals surface area contributed by atoms with Crippen molar-refractivity contribution in [2.45, 2.75) is 32.7 Å². The Labute approximate surface area is 160 Å². The fourth-order valence-corrected chi connectivity index (χ4v) is 2.56. The summed E-state index contributed by atoms with van der Waals surface area (Å²) in [7, 11) is 1.66. The summed E-state index contributed by atoms with van der Waals surface area (Å²) in [5, 5.41) is 14.5. The summed E-state index contributed by atoms with van der Waals surface area (Å²) in [4.78, 5) is 4.47. The lowest BCUT2D eigenvalue weighted by Gasteiger charge is -2.19. The number of hydrogen-bond acceptors (Lipinski definition) is 6. The topological polar surface area (TPSA) is 72.0 Å². The number of methoxy groups -OCH3 is 1. The lowest BCUT2D eigenvalue weighted by molar-refractivity contribution is 0.414. The number of hydrogen-bond donors (Lipinski definition) is 2. The second-order valence-electron chi connectivity index (χ2n) is 7.32. The molecule has 0 radical (unpaired) electrons. The van der Waals surface area contributed by atoms with Gasteiger partial charge in [-0.2, -0.15) is 10.1 Å². The van der Waals surface area contributed by atoms with Crippen LogP contribution in [0, 0.1) is 0 Å². The van der Waals surface area contributed by atoms with Gasteiger partial charge in [-0.25, -0.2) is 0 Å². The van der Waals surface area contributed by atoms with Crippen LogP contribution in [0.1, 0.15) is 31.9 Å². The van der Waals surface area contributed by atoms with Crippen LogP contribution in [0.3, 0.4) is 0 Å². The van der Waals surface area contributed by atoms with Crippen molar-refractivity contribution in [1.82, 2.24) is 15.2 Å². The minimum Gasteiger partial charge on any atom is -0.497 e. The van der Waals surface area contributed by atoms with Crippen molar-refractivity contribution in [2.24, 2.45) is 0 Å². The van der Waals surface area contributed by atoms with Crippen LogP contribution in [-0.4, -0.2) is 22.3 Å². The molecule has 3 rings (SSSR count). The highest BCUT2D eigenvalue weighted by atomic mass is 16.5. The first-order valence-electron chi connectivity index (χ1n) is 8.88. The van der Waals surface area contributed by atoms with Gasteiger partial charge in [0.05, 0.1) is 13.3 Å². The second kappa shape index (κ2) is 8.03. The van der Waals surface area contributed by atoms with E-state index in [1.54, 1.807) is 13.3 Å². The molecule has 3 aromatic rings. The third-order valence-electron chi connectivity index (χ3n) is 4.20. The van der Waals surface area contributed by atoms with Crippen LogP contribution in [0.2, 0.25) is 0 Å². The lowest BCUT2D eigenvalue weighted by atomic mass is 9.87. The minimum absolute atomic E-state index is 0.127. The van der Waals surface area contributed by atoms with Gasteiger partial charge in [0, 0.05) is 12.2 Å². The summed E-state index contributed by atoms with van der Waals surface area (Å²) >= 11 is 0. The minimum atomic E-state index is 0.127. The van der Waals surface area contributed by atoms with Gasteiger partial charge in [0.2, 0.25) is 5.95 Å². The van der Waals surface area contributed by atoms with E-state index in [2.05, 4.69) is 58.7 Å². The molecule has 27 heavy (non-hydrogen) atoms. The Hall–Kier alpha value is -3.15. The van der Waals surface area contributed by atoms with E-state index >= 15 is 0 Å². The molecule has 6 heteroatoms. The number of nitrogens with zero attached hydrogens (tertiary/aromatic N) is 3. The molecule has 0 bridgehead atoms. The first-order valence-corrected chi connectivity index (χ1v) is 8.88. The highest BCUT2D eigenvalue weighted by Gasteiger charge is 2.13. The van der Waals surface area contributed by atoms with Gasteiger partial charge in [0.25, 0.3) is 0 Å². The molecule has 0 saturated carbocycles. The summed E-state index contributed by atoms with van der Waals surface area (Å²) in [6, 6.07) is 16.2. The van der Waals surface area contributed by atoms with Gasteiger partial charge in [0.1, 0.15) is 5.75 Å². The van der Waals surface area contributed by atoms with Crippen LogP contribution in [0.15, 0.2) is 54.7 Å². The molecule has 0 amide bonds. The maximum atomic E-state index is 5.17. The third kappa shape index (κ3) is 5.17. The van der Waals surface area contributed by atoms with Crippen LogP contribution in [0.5, 0.6) is 5.75 Å². The van der Waals surface area contributed by atoms with Crippen LogP contribution in [0.4, 0.5) is 17.5 Å². The number of rotatable bonds is 6. The average Bonchev–Trinajstić information content (AvgIpc) is 2.67. The predicted octanol–water partition coefficient (Wildman–Crippen LogP) is 4.53. The van der Waals surface area contributed by atoms with E-state index in [0.717, 1.165) is 17.0 Å². The summed E-state index contributed by atoms with van der Waals surface area (Å²) in [6.07, 6.45) is 1.61. The SMILES string of the molecule is COc1ccc(CNc2cnnc(Nc3ccc(C(C)(C)C)cc3)n2)cc1. The smallest absolute Gasteiger partial charge is 0.249 e. The molecule has 0 aliphatic carbocycles. The van der Waals surface area contributed by atoms with Gasteiger partial charge in [-0.15, -0.1) is 5.10 Å². The number of ether oxygens (including phenoxy) is 1. The molecule has 1 heterocycles. The van der Waals surface area contributed by atoms with Crippen molar-refractivity contribution >= 4 is 17.5 Å². The van der Waals surface area contributed by atoms with Crippen LogP contribution >= 0.6 is 0 Å². The van der Waals surface area contributed by atoms with Crippen LogP contribution < -0.4 is 15.4 Å². The van der Waals surface area contributed by atoms with Crippen molar-refractivity contribution in [1.29, 1.82) is 0 Å². The zero-order chi connectivity index (χ0) is 19.3. The van der Waals surface area contributed by atoms with Gasteiger partial charge in [-0.3, -0.25) is 0 Å². The van der Waals surface area contributed by atoms with Gasteiger partial charge in [-0.05, 0) is 40.8 Å². The third-order valence-corrected chi connectivity index (χ3v) is 4.20.